The third kappa shape index (κ3) is 6.26. The van der Waals surface area contributed by atoms with Crippen molar-refractivity contribution in [1.29, 1.82) is 0 Å². The fraction of sp³-hybridized carbons (Fsp3) is 0.474. The highest BCUT2D eigenvalue weighted by atomic mass is 16.5. The van der Waals surface area contributed by atoms with Crippen molar-refractivity contribution < 1.29 is 23.6 Å². The van der Waals surface area contributed by atoms with Gasteiger partial charge < -0.3 is 14.0 Å². The van der Waals surface area contributed by atoms with Gasteiger partial charge in [-0.05, 0) is 31.0 Å². The van der Waals surface area contributed by atoms with E-state index in [1.165, 1.54) is 7.11 Å². The molecule has 0 saturated carbocycles. The molecule has 2 N–H and O–H groups in total. The fourth-order valence-electron chi connectivity index (χ4n) is 2.34. The lowest BCUT2D eigenvalue weighted by Crippen LogP contribution is -2.41. The molecule has 0 bridgehead atoms. The largest absolute Gasteiger partial charge is 0.493 e. The Morgan fingerprint density at radius 2 is 2.00 bits per heavy atom. The number of hydrogen-bond acceptors (Lipinski definition) is 7. The number of aryl methyl sites for hydroxylation is 2. The zero-order valence-electron chi connectivity index (χ0n) is 16.4. The number of nitrogens with one attached hydrogen (secondary N) is 2. The van der Waals surface area contributed by atoms with Crippen molar-refractivity contribution >= 4 is 11.8 Å². The first-order valence-electron chi connectivity index (χ1n) is 9.28. The second-order valence-corrected chi connectivity index (χ2v) is 6.03. The predicted molar refractivity (Wildman–Crippen MR) is 101 cm³/mol. The second kappa shape index (κ2) is 10.9. The van der Waals surface area contributed by atoms with Crippen LogP contribution < -0.4 is 20.3 Å². The highest BCUT2D eigenvalue weighted by Gasteiger charge is 2.12. The van der Waals surface area contributed by atoms with Gasteiger partial charge in [0.2, 0.25) is 11.8 Å². The first-order valence-corrected chi connectivity index (χ1v) is 9.28. The zero-order valence-corrected chi connectivity index (χ0v) is 16.4. The summed E-state index contributed by atoms with van der Waals surface area (Å²) in [6.45, 7) is 4.49. The van der Waals surface area contributed by atoms with Crippen molar-refractivity contribution in [3.63, 3.8) is 0 Å². The number of methoxy groups -OCH3 is 1. The van der Waals surface area contributed by atoms with Gasteiger partial charge in [0.25, 0.3) is 5.91 Å². The van der Waals surface area contributed by atoms with Crippen LogP contribution in [0.4, 0.5) is 0 Å². The van der Waals surface area contributed by atoms with Crippen LogP contribution in [-0.4, -0.2) is 35.7 Å². The Morgan fingerprint density at radius 3 is 2.68 bits per heavy atom. The maximum Gasteiger partial charge on any atom is 0.269 e. The molecule has 0 aliphatic rings. The van der Waals surface area contributed by atoms with Crippen LogP contribution in [-0.2, 0) is 17.6 Å². The van der Waals surface area contributed by atoms with E-state index in [9.17, 15) is 9.59 Å². The van der Waals surface area contributed by atoms with Crippen LogP contribution in [0, 0.1) is 0 Å². The van der Waals surface area contributed by atoms with Gasteiger partial charge in [-0.3, -0.25) is 20.4 Å². The van der Waals surface area contributed by atoms with Gasteiger partial charge in [0.15, 0.2) is 17.3 Å². The predicted octanol–water partition coefficient (Wildman–Crippen LogP) is 2.21. The minimum Gasteiger partial charge on any atom is -0.493 e. The molecule has 0 spiro atoms. The second-order valence-electron chi connectivity index (χ2n) is 6.03. The number of aromatic nitrogens is 2. The van der Waals surface area contributed by atoms with Gasteiger partial charge in [-0.1, -0.05) is 19.0 Å². The van der Waals surface area contributed by atoms with Crippen LogP contribution >= 0.6 is 0 Å². The van der Waals surface area contributed by atoms with E-state index >= 15 is 0 Å². The molecule has 0 saturated heterocycles. The number of benzene rings is 1. The molecule has 9 nitrogen and oxygen atoms in total. The molecule has 2 aromatic rings. The van der Waals surface area contributed by atoms with Crippen molar-refractivity contribution in [2.75, 3.05) is 13.7 Å². The van der Waals surface area contributed by atoms with E-state index in [0.29, 0.717) is 54.6 Å². The van der Waals surface area contributed by atoms with E-state index in [1.54, 1.807) is 18.2 Å². The highest BCUT2D eigenvalue weighted by Crippen LogP contribution is 2.28. The number of hydrazine groups is 1. The average Bonchev–Trinajstić information content (AvgIpc) is 3.18. The summed E-state index contributed by atoms with van der Waals surface area (Å²) in [4.78, 5) is 28.3. The molecule has 0 fully saturated rings. The van der Waals surface area contributed by atoms with Crippen molar-refractivity contribution in [3.8, 4) is 11.5 Å². The van der Waals surface area contributed by atoms with Crippen molar-refractivity contribution in [3.05, 3.63) is 35.5 Å². The maximum absolute atomic E-state index is 12.2. The summed E-state index contributed by atoms with van der Waals surface area (Å²) in [6.07, 6.45) is 2.82. The molecule has 0 atom stereocenters. The SMILES string of the molecule is CCCOc1ccc(C(=O)NNC(=O)CCCc2nc(CC)no2)cc1OC. The summed E-state index contributed by atoms with van der Waals surface area (Å²) in [6, 6.07) is 4.84. The van der Waals surface area contributed by atoms with Gasteiger partial charge in [-0.2, -0.15) is 4.98 Å². The van der Waals surface area contributed by atoms with Crippen molar-refractivity contribution in [1.82, 2.24) is 21.0 Å². The van der Waals surface area contributed by atoms with Gasteiger partial charge in [0.1, 0.15) is 0 Å². The van der Waals surface area contributed by atoms with Crippen LogP contribution in [0.5, 0.6) is 11.5 Å². The molecule has 0 aliphatic carbocycles. The third-order valence-electron chi connectivity index (χ3n) is 3.82. The monoisotopic (exact) mass is 390 g/mol. The molecule has 0 unspecified atom stereocenters. The van der Waals surface area contributed by atoms with Crippen LogP contribution in [0.3, 0.4) is 0 Å². The molecule has 1 aromatic heterocycles. The molecular formula is C19H26N4O5. The Hall–Kier alpha value is -3.10. The number of carbonyl (C=O) groups excluding carboxylic acids is 2. The van der Waals surface area contributed by atoms with Gasteiger partial charge in [-0.15, -0.1) is 0 Å². The minimum atomic E-state index is -0.446. The Balaban J connectivity index is 1.78. The van der Waals surface area contributed by atoms with Crippen molar-refractivity contribution in [2.24, 2.45) is 0 Å². The molecule has 9 heteroatoms. The Kier molecular flexibility index (Phi) is 8.26. The minimum absolute atomic E-state index is 0.219. The molecule has 2 rings (SSSR count). The molecule has 152 valence electrons. The van der Waals surface area contributed by atoms with Gasteiger partial charge in [0.05, 0.1) is 13.7 Å². The topological polar surface area (TPSA) is 116 Å². The number of ether oxygens (including phenoxy) is 2. The molecule has 28 heavy (non-hydrogen) atoms. The fourth-order valence-corrected chi connectivity index (χ4v) is 2.34. The van der Waals surface area contributed by atoms with Crippen LogP contribution in [0.15, 0.2) is 22.7 Å². The number of rotatable bonds is 10. The third-order valence-corrected chi connectivity index (χ3v) is 3.82. The maximum atomic E-state index is 12.2. The zero-order chi connectivity index (χ0) is 20.4. The lowest BCUT2D eigenvalue weighted by Gasteiger charge is -2.12. The summed E-state index contributed by atoms with van der Waals surface area (Å²) in [7, 11) is 1.50. The molecular weight excluding hydrogens is 364 g/mol. The number of hydrogen-bond donors (Lipinski definition) is 2. The van der Waals surface area contributed by atoms with E-state index in [4.69, 9.17) is 14.0 Å². The number of amides is 2. The van der Waals surface area contributed by atoms with Gasteiger partial charge >= 0.3 is 0 Å². The summed E-state index contributed by atoms with van der Waals surface area (Å²) in [5.74, 6) is 1.42. The quantitative estimate of drug-likeness (QED) is 0.598. The first-order chi connectivity index (χ1) is 13.6. The smallest absolute Gasteiger partial charge is 0.269 e. The van der Waals surface area contributed by atoms with E-state index in [2.05, 4.69) is 21.0 Å². The molecule has 2 amide bonds. The summed E-state index contributed by atoms with van der Waals surface area (Å²) in [5.41, 5.74) is 5.13. The number of carbonyl (C=O) groups is 2. The summed E-state index contributed by atoms with van der Waals surface area (Å²) >= 11 is 0. The highest BCUT2D eigenvalue weighted by molar-refractivity contribution is 5.96. The van der Waals surface area contributed by atoms with Crippen LogP contribution in [0.1, 0.15) is 55.2 Å². The summed E-state index contributed by atoms with van der Waals surface area (Å²) in [5, 5.41) is 3.80. The van der Waals surface area contributed by atoms with Crippen LogP contribution in [0.2, 0.25) is 0 Å². The summed E-state index contributed by atoms with van der Waals surface area (Å²) < 4.78 is 15.9. The molecule has 0 aliphatic heterocycles. The van der Waals surface area contributed by atoms with Gasteiger partial charge in [-0.25, -0.2) is 0 Å². The van der Waals surface area contributed by atoms with E-state index in [1.807, 2.05) is 13.8 Å². The van der Waals surface area contributed by atoms with E-state index < -0.39 is 5.91 Å². The Morgan fingerprint density at radius 1 is 1.18 bits per heavy atom. The average molecular weight is 390 g/mol. The lowest BCUT2D eigenvalue weighted by molar-refractivity contribution is -0.121. The van der Waals surface area contributed by atoms with Crippen molar-refractivity contribution in [2.45, 2.75) is 46.0 Å². The Labute approximate surface area is 163 Å². The lowest BCUT2D eigenvalue weighted by atomic mass is 10.2. The molecule has 1 aromatic carbocycles. The van der Waals surface area contributed by atoms with Crippen LogP contribution in [0.25, 0.3) is 0 Å². The number of nitrogens with zero attached hydrogens (tertiary/aromatic N) is 2. The Bertz CT molecular complexity index is 790. The van der Waals surface area contributed by atoms with E-state index in [-0.39, 0.29) is 12.3 Å². The standard InChI is InChI=1S/C19H26N4O5/c1-4-11-27-14-10-9-13(12-15(14)26-3)19(25)22-21-17(24)7-6-8-18-20-16(5-2)23-28-18/h9-10,12H,4-8,11H2,1-3H3,(H,21,24)(H,22,25). The molecule has 0 radical (unpaired) electrons. The normalized spacial score (nSPS) is 10.4. The molecule has 1 heterocycles. The van der Waals surface area contributed by atoms with E-state index in [0.717, 1.165) is 6.42 Å². The van der Waals surface area contributed by atoms with Gasteiger partial charge in [0, 0.05) is 24.8 Å². The first kappa shape index (κ1) is 21.2.